The molecule has 0 saturated carbocycles. The van der Waals surface area contributed by atoms with Gasteiger partial charge in [0, 0.05) is 13.7 Å². The number of hydrogen-bond donors (Lipinski definition) is 2. The molecule has 1 aromatic heterocycles. The molecule has 0 aliphatic heterocycles. The molecule has 1 amide bonds. The highest BCUT2D eigenvalue weighted by Crippen LogP contribution is 2.30. The lowest BCUT2D eigenvalue weighted by atomic mass is 10.2. The Bertz CT molecular complexity index is 702. The molecule has 1 unspecified atom stereocenters. The molecule has 0 aliphatic carbocycles. The predicted octanol–water partition coefficient (Wildman–Crippen LogP) is 2.62. The molecule has 6 nitrogen and oxygen atoms in total. The summed E-state index contributed by atoms with van der Waals surface area (Å²) in [6, 6.07) is 4.74. The summed E-state index contributed by atoms with van der Waals surface area (Å²) in [5.41, 5.74) is 5.27. The van der Waals surface area contributed by atoms with Gasteiger partial charge in [-0.15, -0.1) is 12.4 Å². The number of halogens is 4. The smallest absolute Gasteiger partial charge is 0.380 e. The van der Waals surface area contributed by atoms with Gasteiger partial charge < -0.3 is 15.8 Å². The summed E-state index contributed by atoms with van der Waals surface area (Å²) in [5, 5.41) is 6.56. The van der Waals surface area contributed by atoms with Crippen LogP contribution in [0.1, 0.15) is 12.0 Å². The third kappa shape index (κ3) is 5.73. The molecule has 2 rings (SSSR count). The molecule has 0 bridgehead atoms. The summed E-state index contributed by atoms with van der Waals surface area (Å²) in [6.45, 7) is 0.202. The minimum Gasteiger partial charge on any atom is -0.380 e. The number of amides is 1. The Kier molecular flexibility index (Phi) is 7.40. The standard InChI is InChI=1S/C15H17F3N4O2.ClH/c1-24-13(7-19)6-14(23)21-11-8-20-22(9-11)12-4-2-3-10(5-12)15(16,17)18;/h2-5,8-9,13H,6-7,19H2,1H3,(H,21,23);1H. The first-order chi connectivity index (χ1) is 11.3. The molecule has 0 fully saturated rings. The van der Waals surface area contributed by atoms with E-state index in [0.717, 1.165) is 12.1 Å². The van der Waals surface area contributed by atoms with E-state index in [-0.39, 0.29) is 37.0 Å². The number of carbonyl (C=O) groups excluding carboxylic acids is 1. The first kappa shape index (κ1) is 20.9. The normalized spacial score (nSPS) is 12.4. The number of carbonyl (C=O) groups is 1. The maximum absolute atomic E-state index is 12.7. The fraction of sp³-hybridized carbons (Fsp3) is 0.333. The Morgan fingerprint density at radius 3 is 2.76 bits per heavy atom. The van der Waals surface area contributed by atoms with Crippen LogP contribution in [0.25, 0.3) is 5.69 Å². The van der Waals surface area contributed by atoms with Crippen molar-refractivity contribution < 1.29 is 22.7 Å². The largest absolute Gasteiger partial charge is 0.416 e. The van der Waals surface area contributed by atoms with Crippen LogP contribution in [0.3, 0.4) is 0 Å². The van der Waals surface area contributed by atoms with Crippen LogP contribution in [-0.4, -0.2) is 35.4 Å². The number of hydrogen-bond acceptors (Lipinski definition) is 4. The number of methoxy groups -OCH3 is 1. The Labute approximate surface area is 148 Å². The van der Waals surface area contributed by atoms with E-state index in [1.165, 1.54) is 36.3 Å². The van der Waals surface area contributed by atoms with Crippen LogP contribution in [0, 0.1) is 0 Å². The van der Waals surface area contributed by atoms with E-state index in [0.29, 0.717) is 5.69 Å². The topological polar surface area (TPSA) is 82.2 Å². The van der Waals surface area contributed by atoms with E-state index in [4.69, 9.17) is 10.5 Å². The summed E-state index contributed by atoms with van der Waals surface area (Å²) in [7, 11) is 1.45. The third-order valence-corrected chi connectivity index (χ3v) is 3.31. The van der Waals surface area contributed by atoms with E-state index in [1.54, 1.807) is 0 Å². The van der Waals surface area contributed by atoms with Gasteiger partial charge in [-0.25, -0.2) is 4.68 Å². The minimum absolute atomic E-state index is 0. The molecular weight excluding hydrogens is 361 g/mol. The van der Waals surface area contributed by atoms with Crippen LogP contribution in [0.15, 0.2) is 36.7 Å². The fourth-order valence-corrected chi connectivity index (χ4v) is 2.03. The number of aromatic nitrogens is 2. The Morgan fingerprint density at radius 2 is 2.16 bits per heavy atom. The number of nitrogens with zero attached hydrogens (tertiary/aromatic N) is 2. The van der Waals surface area contributed by atoms with Crippen molar-refractivity contribution in [2.45, 2.75) is 18.7 Å². The van der Waals surface area contributed by atoms with Crippen molar-refractivity contribution in [1.29, 1.82) is 0 Å². The summed E-state index contributed by atoms with van der Waals surface area (Å²) in [4.78, 5) is 11.8. The fourth-order valence-electron chi connectivity index (χ4n) is 2.03. The van der Waals surface area contributed by atoms with E-state index >= 15 is 0 Å². The zero-order valence-corrected chi connectivity index (χ0v) is 14.1. The van der Waals surface area contributed by atoms with E-state index in [9.17, 15) is 18.0 Å². The lowest BCUT2D eigenvalue weighted by molar-refractivity contribution is -0.137. The SMILES string of the molecule is COC(CN)CC(=O)Nc1cnn(-c2cccc(C(F)(F)F)c2)c1.Cl. The van der Waals surface area contributed by atoms with Gasteiger partial charge in [-0.2, -0.15) is 18.3 Å². The van der Waals surface area contributed by atoms with E-state index in [1.807, 2.05) is 0 Å². The number of rotatable bonds is 6. The van der Waals surface area contributed by atoms with Gasteiger partial charge in [0.1, 0.15) is 0 Å². The zero-order chi connectivity index (χ0) is 17.7. The van der Waals surface area contributed by atoms with Gasteiger partial charge in [0.25, 0.3) is 0 Å². The molecule has 1 aromatic carbocycles. The molecule has 138 valence electrons. The second-order valence-corrected chi connectivity index (χ2v) is 5.07. The molecule has 1 atom stereocenters. The minimum atomic E-state index is -4.43. The van der Waals surface area contributed by atoms with Gasteiger partial charge in [-0.05, 0) is 18.2 Å². The van der Waals surface area contributed by atoms with Crippen LogP contribution in [-0.2, 0) is 15.7 Å². The van der Waals surface area contributed by atoms with Crippen molar-refractivity contribution in [3.63, 3.8) is 0 Å². The third-order valence-electron chi connectivity index (χ3n) is 3.31. The molecule has 0 spiro atoms. The predicted molar refractivity (Wildman–Crippen MR) is 88.9 cm³/mol. The average molecular weight is 379 g/mol. The quantitative estimate of drug-likeness (QED) is 0.809. The van der Waals surface area contributed by atoms with Crippen molar-refractivity contribution in [1.82, 2.24) is 9.78 Å². The highest BCUT2D eigenvalue weighted by atomic mass is 35.5. The number of nitrogens with two attached hydrogens (primary N) is 1. The molecule has 3 N–H and O–H groups in total. The Hall–Kier alpha value is -2.10. The van der Waals surface area contributed by atoms with Gasteiger partial charge in [-0.1, -0.05) is 6.07 Å². The lowest BCUT2D eigenvalue weighted by Gasteiger charge is -2.11. The van der Waals surface area contributed by atoms with Crippen molar-refractivity contribution in [2.24, 2.45) is 5.73 Å². The second kappa shape index (κ2) is 8.84. The van der Waals surface area contributed by atoms with Crippen LogP contribution in [0.2, 0.25) is 0 Å². The molecule has 2 aromatic rings. The summed E-state index contributed by atoms with van der Waals surface area (Å²) in [5.74, 6) is -0.323. The van der Waals surface area contributed by atoms with Gasteiger partial charge in [0.2, 0.25) is 5.91 Å². The van der Waals surface area contributed by atoms with Gasteiger partial charge in [0.15, 0.2) is 0 Å². The average Bonchev–Trinajstić information content (AvgIpc) is 3.00. The highest BCUT2D eigenvalue weighted by Gasteiger charge is 2.30. The van der Waals surface area contributed by atoms with Crippen molar-refractivity contribution in [3.05, 3.63) is 42.2 Å². The van der Waals surface area contributed by atoms with Gasteiger partial charge in [0.05, 0.1) is 41.9 Å². The summed E-state index contributed by atoms with van der Waals surface area (Å²) >= 11 is 0. The van der Waals surface area contributed by atoms with Crippen molar-refractivity contribution in [3.8, 4) is 5.69 Å². The molecule has 10 heteroatoms. The van der Waals surface area contributed by atoms with Crippen molar-refractivity contribution in [2.75, 3.05) is 19.0 Å². The van der Waals surface area contributed by atoms with Crippen LogP contribution < -0.4 is 11.1 Å². The summed E-state index contributed by atoms with van der Waals surface area (Å²) in [6.07, 6.45) is -1.98. The molecule has 0 radical (unpaired) electrons. The number of anilines is 1. The Balaban J connectivity index is 0.00000312. The molecule has 1 heterocycles. The maximum Gasteiger partial charge on any atom is 0.416 e. The number of benzene rings is 1. The summed E-state index contributed by atoms with van der Waals surface area (Å²) < 4.78 is 44.5. The first-order valence-corrected chi connectivity index (χ1v) is 7.08. The van der Waals surface area contributed by atoms with Crippen molar-refractivity contribution >= 4 is 24.0 Å². The number of nitrogens with one attached hydrogen (secondary N) is 1. The molecule has 0 saturated heterocycles. The monoisotopic (exact) mass is 378 g/mol. The number of ether oxygens (including phenoxy) is 1. The molecular formula is C15H18ClF3N4O2. The zero-order valence-electron chi connectivity index (χ0n) is 13.3. The lowest BCUT2D eigenvalue weighted by Crippen LogP contribution is -2.28. The maximum atomic E-state index is 12.7. The van der Waals surface area contributed by atoms with Gasteiger partial charge in [-0.3, -0.25) is 4.79 Å². The van der Waals surface area contributed by atoms with E-state index < -0.39 is 17.8 Å². The van der Waals surface area contributed by atoms with Gasteiger partial charge >= 0.3 is 6.18 Å². The first-order valence-electron chi connectivity index (χ1n) is 7.08. The van der Waals surface area contributed by atoms with Crippen LogP contribution >= 0.6 is 12.4 Å². The molecule has 25 heavy (non-hydrogen) atoms. The van der Waals surface area contributed by atoms with Crippen LogP contribution in [0.5, 0.6) is 0 Å². The second-order valence-electron chi connectivity index (χ2n) is 5.07. The van der Waals surface area contributed by atoms with E-state index in [2.05, 4.69) is 10.4 Å². The highest BCUT2D eigenvalue weighted by molar-refractivity contribution is 5.90. The van der Waals surface area contributed by atoms with Crippen LogP contribution in [0.4, 0.5) is 18.9 Å². The molecule has 0 aliphatic rings. The number of alkyl halides is 3. The Morgan fingerprint density at radius 1 is 1.44 bits per heavy atom.